The molecule has 0 aromatic carbocycles. The van der Waals surface area contributed by atoms with Crippen molar-refractivity contribution in [2.75, 3.05) is 26.2 Å². The van der Waals surface area contributed by atoms with E-state index in [2.05, 4.69) is 17.6 Å². The highest BCUT2D eigenvalue weighted by Gasteiger charge is 2.51. The van der Waals surface area contributed by atoms with Crippen LogP contribution < -0.4 is 10.6 Å². The lowest BCUT2D eigenvalue weighted by Crippen LogP contribution is -2.24. The largest absolute Gasteiger partial charge is 0.317 e. The van der Waals surface area contributed by atoms with Gasteiger partial charge in [-0.2, -0.15) is 0 Å². The molecule has 2 fully saturated rings. The maximum atomic E-state index is 3.61. The third-order valence-corrected chi connectivity index (χ3v) is 4.10. The lowest BCUT2D eigenvalue weighted by atomic mass is 10.1. The van der Waals surface area contributed by atoms with Crippen molar-refractivity contribution in [3.8, 4) is 0 Å². The van der Waals surface area contributed by atoms with Gasteiger partial charge >= 0.3 is 0 Å². The van der Waals surface area contributed by atoms with Gasteiger partial charge in [-0.05, 0) is 69.6 Å². The molecule has 2 saturated carbocycles. The first-order valence-electron chi connectivity index (χ1n) is 6.85. The second-order valence-corrected chi connectivity index (χ2v) is 5.23. The first-order chi connectivity index (χ1) is 7.43. The summed E-state index contributed by atoms with van der Waals surface area (Å²) >= 11 is 0. The molecule has 2 rings (SSSR count). The van der Waals surface area contributed by atoms with Gasteiger partial charge in [0.2, 0.25) is 0 Å². The van der Waals surface area contributed by atoms with E-state index in [0.29, 0.717) is 0 Å². The maximum absolute atomic E-state index is 3.61. The van der Waals surface area contributed by atoms with Crippen molar-refractivity contribution < 1.29 is 0 Å². The summed E-state index contributed by atoms with van der Waals surface area (Å²) in [5.74, 6) is 3.30. The Morgan fingerprint density at radius 3 is 2.47 bits per heavy atom. The van der Waals surface area contributed by atoms with E-state index in [1.807, 2.05) is 0 Å². The molecular formula is C13H26N2. The molecule has 2 atom stereocenters. The molecule has 2 N–H and O–H groups in total. The summed E-state index contributed by atoms with van der Waals surface area (Å²) in [6, 6.07) is 0. The molecular weight excluding hydrogens is 184 g/mol. The van der Waals surface area contributed by atoms with E-state index in [9.17, 15) is 0 Å². The Kier molecular flexibility index (Phi) is 4.45. The highest BCUT2D eigenvalue weighted by atomic mass is 14.9. The van der Waals surface area contributed by atoms with Crippen LogP contribution in [-0.2, 0) is 0 Å². The van der Waals surface area contributed by atoms with Crippen molar-refractivity contribution in [3.63, 3.8) is 0 Å². The Bertz CT molecular complexity index is 171. The Hall–Kier alpha value is -0.0800. The van der Waals surface area contributed by atoms with Crippen LogP contribution >= 0.6 is 0 Å². The molecule has 88 valence electrons. The van der Waals surface area contributed by atoms with Crippen LogP contribution in [0.2, 0.25) is 0 Å². The Morgan fingerprint density at radius 2 is 1.73 bits per heavy atom. The normalized spacial score (nSPS) is 33.0. The highest BCUT2D eigenvalue weighted by Crippen LogP contribution is 2.56. The third kappa shape index (κ3) is 3.18. The zero-order valence-electron chi connectivity index (χ0n) is 10.1. The van der Waals surface area contributed by atoms with E-state index in [4.69, 9.17) is 0 Å². The van der Waals surface area contributed by atoms with Crippen molar-refractivity contribution in [1.82, 2.24) is 10.6 Å². The zero-order valence-corrected chi connectivity index (χ0v) is 10.1. The van der Waals surface area contributed by atoms with E-state index in [1.54, 1.807) is 0 Å². The summed E-state index contributed by atoms with van der Waals surface area (Å²) in [6.07, 6.45) is 7.08. The van der Waals surface area contributed by atoms with Crippen molar-refractivity contribution in [2.24, 2.45) is 17.8 Å². The second kappa shape index (κ2) is 5.86. The van der Waals surface area contributed by atoms with Crippen molar-refractivity contribution in [1.29, 1.82) is 0 Å². The number of fused-ring (bicyclic) bond motifs is 1. The first-order valence-corrected chi connectivity index (χ1v) is 6.85. The van der Waals surface area contributed by atoms with E-state index in [-0.39, 0.29) is 0 Å². The van der Waals surface area contributed by atoms with Gasteiger partial charge in [0, 0.05) is 0 Å². The number of rotatable bonds is 8. The van der Waals surface area contributed by atoms with Gasteiger partial charge in [0.05, 0.1) is 0 Å². The number of nitrogens with one attached hydrogen (secondary N) is 2. The molecule has 0 aromatic rings. The quantitative estimate of drug-likeness (QED) is 0.599. The minimum absolute atomic E-state index is 1.06. The van der Waals surface area contributed by atoms with Crippen molar-refractivity contribution in [2.45, 2.75) is 39.0 Å². The minimum atomic E-state index is 1.06. The predicted molar refractivity (Wildman–Crippen MR) is 65.0 cm³/mol. The SMILES string of the molecule is CCCNCCCNCC1C2CCCC21. The van der Waals surface area contributed by atoms with Gasteiger partial charge in [0.25, 0.3) is 0 Å². The molecule has 0 aromatic heterocycles. The van der Waals surface area contributed by atoms with Gasteiger partial charge < -0.3 is 10.6 Å². The van der Waals surface area contributed by atoms with E-state index < -0.39 is 0 Å². The Labute approximate surface area is 94.2 Å². The molecule has 15 heavy (non-hydrogen) atoms. The fourth-order valence-corrected chi connectivity index (χ4v) is 3.18. The van der Waals surface area contributed by atoms with Crippen LogP contribution in [0.25, 0.3) is 0 Å². The van der Waals surface area contributed by atoms with Gasteiger partial charge in [0.1, 0.15) is 0 Å². The molecule has 2 nitrogen and oxygen atoms in total. The first kappa shape index (κ1) is 11.4. The summed E-state index contributed by atoms with van der Waals surface area (Å²) < 4.78 is 0. The molecule has 0 amide bonds. The fraction of sp³-hybridized carbons (Fsp3) is 1.00. The molecule has 2 heteroatoms. The summed E-state index contributed by atoms with van der Waals surface area (Å²) in [5.41, 5.74) is 0. The molecule has 0 radical (unpaired) electrons. The molecule has 2 unspecified atom stereocenters. The van der Waals surface area contributed by atoms with Crippen molar-refractivity contribution in [3.05, 3.63) is 0 Å². The molecule has 2 aliphatic rings. The summed E-state index contributed by atoms with van der Waals surface area (Å²) in [5, 5.41) is 7.05. The van der Waals surface area contributed by atoms with Crippen LogP contribution in [0.1, 0.15) is 39.0 Å². The average molecular weight is 210 g/mol. The molecule has 0 aliphatic heterocycles. The van der Waals surface area contributed by atoms with Gasteiger partial charge in [-0.25, -0.2) is 0 Å². The Balaban J connectivity index is 1.37. The molecule has 0 spiro atoms. The minimum Gasteiger partial charge on any atom is -0.317 e. The van der Waals surface area contributed by atoms with E-state index in [0.717, 1.165) is 17.8 Å². The van der Waals surface area contributed by atoms with Gasteiger partial charge in [0.15, 0.2) is 0 Å². The van der Waals surface area contributed by atoms with Crippen LogP contribution in [0.5, 0.6) is 0 Å². The standard InChI is InChI=1S/C13H26N2/c1-2-7-14-8-4-9-15-10-13-11-5-3-6-12(11)13/h11-15H,2-10H2,1H3. The summed E-state index contributed by atoms with van der Waals surface area (Å²) in [7, 11) is 0. The predicted octanol–water partition coefficient (Wildman–Crippen LogP) is 2.01. The summed E-state index contributed by atoms with van der Waals surface area (Å²) in [4.78, 5) is 0. The van der Waals surface area contributed by atoms with Crippen LogP contribution in [-0.4, -0.2) is 26.2 Å². The molecule has 0 saturated heterocycles. The molecule has 0 heterocycles. The van der Waals surface area contributed by atoms with Gasteiger partial charge in [-0.3, -0.25) is 0 Å². The van der Waals surface area contributed by atoms with Crippen LogP contribution in [0.4, 0.5) is 0 Å². The monoisotopic (exact) mass is 210 g/mol. The number of hydrogen-bond acceptors (Lipinski definition) is 2. The van der Waals surface area contributed by atoms with Crippen LogP contribution in [0.3, 0.4) is 0 Å². The van der Waals surface area contributed by atoms with Gasteiger partial charge in [-0.15, -0.1) is 0 Å². The van der Waals surface area contributed by atoms with E-state index >= 15 is 0 Å². The molecule has 0 bridgehead atoms. The van der Waals surface area contributed by atoms with Crippen LogP contribution in [0.15, 0.2) is 0 Å². The zero-order chi connectivity index (χ0) is 10.5. The summed E-state index contributed by atoms with van der Waals surface area (Å²) in [6.45, 7) is 7.07. The fourth-order valence-electron chi connectivity index (χ4n) is 3.18. The lowest BCUT2D eigenvalue weighted by molar-refractivity contribution is 0.519. The van der Waals surface area contributed by atoms with Crippen LogP contribution in [0, 0.1) is 17.8 Å². The second-order valence-electron chi connectivity index (χ2n) is 5.23. The smallest absolute Gasteiger partial charge is 0.00150 e. The van der Waals surface area contributed by atoms with Gasteiger partial charge in [-0.1, -0.05) is 13.3 Å². The maximum Gasteiger partial charge on any atom is -0.00150 e. The lowest BCUT2D eigenvalue weighted by Gasteiger charge is -2.06. The topological polar surface area (TPSA) is 24.1 Å². The van der Waals surface area contributed by atoms with Crippen molar-refractivity contribution >= 4 is 0 Å². The Morgan fingerprint density at radius 1 is 1.00 bits per heavy atom. The van der Waals surface area contributed by atoms with E-state index in [1.165, 1.54) is 58.3 Å². The molecule has 2 aliphatic carbocycles. The highest BCUT2D eigenvalue weighted by molar-refractivity contribution is 5.01. The average Bonchev–Trinajstić information content (AvgIpc) is 2.72. The number of hydrogen-bond donors (Lipinski definition) is 2. The third-order valence-electron chi connectivity index (χ3n) is 4.10.